The molecular weight excluding hydrogens is 416 g/mol. The molecule has 1 aromatic carbocycles. The minimum absolute atomic E-state index is 0.0339. The lowest BCUT2D eigenvalue weighted by Gasteiger charge is -2.23. The molecule has 5 nitrogen and oxygen atoms in total. The molecule has 0 aliphatic rings. The first-order valence-corrected chi connectivity index (χ1v) is 10.8. The van der Waals surface area contributed by atoms with Gasteiger partial charge >= 0.3 is 0 Å². The van der Waals surface area contributed by atoms with Crippen LogP contribution < -0.4 is 0 Å². The molecule has 0 spiro atoms. The van der Waals surface area contributed by atoms with Crippen LogP contribution in [0.5, 0.6) is 0 Å². The number of benzene rings is 1. The molecule has 1 amide bonds. The SMILES string of the molecule is CCCCCN(Cc1nc2cccnc2n1CCC)C(=O)c1ccccc1Br. The highest BCUT2D eigenvalue weighted by Crippen LogP contribution is 2.21. The predicted molar refractivity (Wildman–Crippen MR) is 116 cm³/mol. The normalized spacial score (nSPS) is 11.1. The summed E-state index contributed by atoms with van der Waals surface area (Å²) in [7, 11) is 0. The summed E-state index contributed by atoms with van der Waals surface area (Å²) in [6, 6.07) is 11.5. The maximum atomic E-state index is 13.3. The van der Waals surface area contributed by atoms with Crippen LogP contribution in [0.4, 0.5) is 0 Å². The van der Waals surface area contributed by atoms with E-state index in [1.807, 2.05) is 41.3 Å². The van der Waals surface area contributed by atoms with Gasteiger partial charge in [0.2, 0.25) is 0 Å². The average molecular weight is 443 g/mol. The molecule has 0 bridgehead atoms. The Bertz CT molecular complexity index is 937. The molecule has 28 heavy (non-hydrogen) atoms. The van der Waals surface area contributed by atoms with Crippen LogP contribution in [0, 0.1) is 0 Å². The lowest BCUT2D eigenvalue weighted by Crippen LogP contribution is -2.33. The molecule has 0 atom stereocenters. The topological polar surface area (TPSA) is 51.0 Å². The Balaban J connectivity index is 1.93. The molecule has 3 aromatic rings. The zero-order valence-electron chi connectivity index (χ0n) is 16.6. The summed E-state index contributed by atoms with van der Waals surface area (Å²) in [6.07, 6.45) is 6.00. The highest BCUT2D eigenvalue weighted by atomic mass is 79.9. The molecule has 0 saturated carbocycles. The van der Waals surface area contributed by atoms with E-state index in [2.05, 4.69) is 39.3 Å². The van der Waals surface area contributed by atoms with Crippen LogP contribution >= 0.6 is 15.9 Å². The molecule has 2 aromatic heterocycles. The number of carbonyl (C=O) groups is 1. The third kappa shape index (κ3) is 4.61. The first-order valence-electron chi connectivity index (χ1n) is 9.99. The average Bonchev–Trinajstić information content (AvgIpc) is 3.05. The third-order valence-corrected chi connectivity index (χ3v) is 5.48. The maximum Gasteiger partial charge on any atom is 0.255 e. The van der Waals surface area contributed by atoms with Crippen molar-refractivity contribution in [3.63, 3.8) is 0 Å². The van der Waals surface area contributed by atoms with Gasteiger partial charge in [-0.3, -0.25) is 4.79 Å². The molecule has 0 aliphatic heterocycles. The predicted octanol–water partition coefficient (Wildman–Crippen LogP) is 5.44. The van der Waals surface area contributed by atoms with E-state index in [4.69, 9.17) is 4.98 Å². The van der Waals surface area contributed by atoms with Gasteiger partial charge in [-0.1, -0.05) is 38.8 Å². The number of unbranched alkanes of at least 4 members (excludes halogenated alkanes) is 2. The maximum absolute atomic E-state index is 13.3. The first-order chi connectivity index (χ1) is 13.7. The zero-order chi connectivity index (χ0) is 19.9. The number of fused-ring (bicyclic) bond motifs is 1. The second kappa shape index (κ2) is 9.82. The fraction of sp³-hybridized carbons (Fsp3) is 0.409. The number of carbonyl (C=O) groups excluding carboxylic acids is 1. The molecule has 2 heterocycles. The van der Waals surface area contributed by atoms with E-state index in [0.29, 0.717) is 12.1 Å². The summed E-state index contributed by atoms with van der Waals surface area (Å²) in [5.41, 5.74) is 2.46. The Morgan fingerprint density at radius 3 is 2.68 bits per heavy atom. The van der Waals surface area contributed by atoms with Crippen LogP contribution in [0.2, 0.25) is 0 Å². The Labute approximate surface area is 174 Å². The molecular formula is C22H27BrN4O. The fourth-order valence-corrected chi connectivity index (χ4v) is 3.82. The van der Waals surface area contributed by atoms with Crippen LogP contribution in [0.3, 0.4) is 0 Å². The number of hydrogen-bond donors (Lipinski definition) is 0. The number of hydrogen-bond acceptors (Lipinski definition) is 3. The molecule has 0 saturated heterocycles. The van der Waals surface area contributed by atoms with Crippen molar-refractivity contribution >= 4 is 33.0 Å². The molecule has 0 radical (unpaired) electrons. The summed E-state index contributed by atoms with van der Waals surface area (Å²) in [4.78, 5) is 24.5. The van der Waals surface area contributed by atoms with Gasteiger partial charge in [-0.2, -0.15) is 0 Å². The monoisotopic (exact) mass is 442 g/mol. The van der Waals surface area contributed by atoms with Gasteiger partial charge in [0.05, 0.1) is 12.1 Å². The fourth-order valence-electron chi connectivity index (χ4n) is 3.37. The standard InChI is InChI=1S/C22H27BrN4O/c1-3-5-8-15-26(22(28)17-10-6-7-11-18(17)23)16-20-25-19-12-9-13-24-21(19)27(20)14-4-2/h6-7,9-13H,3-5,8,14-16H2,1-2H3. The number of nitrogens with zero attached hydrogens (tertiary/aromatic N) is 4. The number of pyridine rings is 1. The second-order valence-electron chi connectivity index (χ2n) is 6.94. The molecule has 0 N–H and O–H groups in total. The zero-order valence-corrected chi connectivity index (χ0v) is 18.2. The number of amides is 1. The molecule has 3 rings (SSSR count). The largest absolute Gasteiger partial charge is 0.331 e. The lowest BCUT2D eigenvalue weighted by atomic mass is 10.1. The number of rotatable bonds is 9. The lowest BCUT2D eigenvalue weighted by molar-refractivity contribution is 0.0733. The van der Waals surface area contributed by atoms with Crippen molar-refractivity contribution in [3.8, 4) is 0 Å². The summed E-state index contributed by atoms with van der Waals surface area (Å²) >= 11 is 3.52. The Hall–Kier alpha value is -2.21. The highest BCUT2D eigenvalue weighted by molar-refractivity contribution is 9.10. The second-order valence-corrected chi connectivity index (χ2v) is 7.79. The number of aromatic nitrogens is 3. The van der Waals surface area contributed by atoms with E-state index in [1.165, 1.54) is 0 Å². The van der Waals surface area contributed by atoms with Gasteiger partial charge in [0.1, 0.15) is 11.3 Å². The van der Waals surface area contributed by atoms with Gasteiger partial charge in [0.15, 0.2) is 5.65 Å². The van der Waals surface area contributed by atoms with Crippen LogP contribution in [-0.4, -0.2) is 31.9 Å². The van der Waals surface area contributed by atoms with Crippen LogP contribution in [0.25, 0.3) is 11.2 Å². The van der Waals surface area contributed by atoms with E-state index in [0.717, 1.165) is 60.2 Å². The van der Waals surface area contributed by atoms with E-state index < -0.39 is 0 Å². The summed E-state index contributed by atoms with van der Waals surface area (Å²) < 4.78 is 2.97. The smallest absolute Gasteiger partial charge is 0.255 e. The van der Waals surface area contributed by atoms with Crippen molar-refractivity contribution in [2.75, 3.05) is 6.54 Å². The van der Waals surface area contributed by atoms with E-state index in [1.54, 1.807) is 6.20 Å². The van der Waals surface area contributed by atoms with Crippen molar-refractivity contribution in [3.05, 3.63) is 58.5 Å². The summed E-state index contributed by atoms with van der Waals surface area (Å²) in [5.74, 6) is 0.930. The molecule has 0 fully saturated rings. The van der Waals surface area contributed by atoms with Crippen LogP contribution in [0.1, 0.15) is 55.7 Å². The minimum Gasteiger partial charge on any atom is -0.331 e. The molecule has 148 valence electrons. The number of imidazole rings is 1. The van der Waals surface area contributed by atoms with Crippen molar-refractivity contribution in [2.45, 2.75) is 52.6 Å². The molecule has 0 aliphatic carbocycles. The van der Waals surface area contributed by atoms with Crippen molar-refractivity contribution in [2.24, 2.45) is 0 Å². The number of halogens is 1. The van der Waals surface area contributed by atoms with Gasteiger partial charge in [0.25, 0.3) is 5.91 Å². The molecule has 0 unspecified atom stereocenters. The minimum atomic E-state index is 0.0339. The van der Waals surface area contributed by atoms with E-state index in [9.17, 15) is 4.79 Å². The van der Waals surface area contributed by atoms with Crippen molar-refractivity contribution < 1.29 is 4.79 Å². The quantitative estimate of drug-likeness (QED) is 0.414. The first kappa shape index (κ1) is 20.5. The van der Waals surface area contributed by atoms with Crippen molar-refractivity contribution in [1.82, 2.24) is 19.4 Å². The Kier molecular flexibility index (Phi) is 7.20. The van der Waals surface area contributed by atoms with Gasteiger partial charge < -0.3 is 9.47 Å². The highest BCUT2D eigenvalue weighted by Gasteiger charge is 2.21. The van der Waals surface area contributed by atoms with E-state index in [-0.39, 0.29) is 5.91 Å². The van der Waals surface area contributed by atoms with E-state index >= 15 is 0 Å². The Morgan fingerprint density at radius 1 is 1.11 bits per heavy atom. The number of aryl methyl sites for hydroxylation is 1. The van der Waals surface area contributed by atoms with Crippen molar-refractivity contribution in [1.29, 1.82) is 0 Å². The van der Waals surface area contributed by atoms with Gasteiger partial charge in [-0.25, -0.2) is 9.97 Å². The van der Waals surface area contributed by atoms with Crippen LogP contribution in [-0.2, 0) is 13.1 Å². The van der Waals surface area contributed by atoms with Gasteiger partial charge in [-0.15, -0.1) is 0 Å². The van der Waals surface area contributed by atoms with Gasteiger partial charge in [0, 0.05) is 23.8 Å². The summed E-state index contributed by atoms with van der Waals surface area (Å²) in [5, 5.41) is 0. The van der Waals surface area contributed by atoms with Gasteiger partial charge in [-0.05, 0) is 53.0 Å². The van der Waals surface area contributed by atoms with Crippen LogP contribution in [0.15, 0.2) is 47.1 Å². The third-order valence-electron chi connectivity index (χ3n) is 4.79. The summed E-state index contributed by atoms with van der Waals surface area (Å²) in [6.45, 7) is 6.36. The molecule has 6 heteroatoms. The Morgan fingerprint density at radius 2 is 1.93 bits per heavy atom.